The smallest absolute Gasteiger partial charge is 0.394 e. The van der Waals surface area contributed by atoms with Crippen LogP contribution in [0.4, 0.5) is 0 Å². The number of hydrogen-bond acceptors (Lipinski definition) is 3. The fourth-order valence-electron chi connectivity index (χ4n) is 5.97. The third kappa shape index (κ3) is 4.23. The van der Waals surface area contributed by atoms with Gasteiger partial charge in [-0.25, -0.2) is 4.57 Å². The number of phosphoric acid groups is 1. The summed E-state index contributed by atoms with van der Waals surface area (Å²) >= 11 is 0. The molecule has 202 valence electrons. The molecule has 0 radical (unpaired) electrons. The highest BCUT2D eigenvalue weighted by molar-refractivity contribution is 7.48. The summed E-state index contributed by atoms with van der Waals surface area (Å²) in [6.07, 6.45) is 0. The standard InChI is InChI=1S/C36H29O4P/c1-21-17-31(29-15-13-25-9-5-7-11-27(25)19-29)35-33(23(21)3)34-24(4)22(2)18-32(36(34)40-41(37,38)39-35)30-16-14-26-10-6-8-12-28(26)20-30/h5-20H,1-4H3,(H,37,38). The topological polar surface area (TPSA) is 55.8 Å². The molecule has 0 aromatic heterocycles. The molecule has 1 aliphatic rings. The van der Waals surface area contributed by atoms with E-state index in [2.05, 4.69) is 62.4 Å². The Morgan fingerprint density at radius 3 is 1.34 bits per heavy atom. The first-order chi connectivity index (χ1) is 19.7. The van der Waals surface area contributed by atoms with Crippen LogP contribution >= 0.6 is 7.82 Å². The van der Waals surface area contributed by atoms with E-state index in [1.807, 2.05) is 62.4 Å². The van der Waals surface area contributed by atoms with Crippen LogP contribution in [0, 0.1) is 27.7 Å². The van der Waals surface area contributed by atoms with Crippen LogP contribution in [0.2, 0.25) is 0 Å². The summed E-state index contributed by atoms with van der Waals surface area (Å²) in [4.78, 5) is 11.2. The maximum Gasteiger partial charge on any atom is 0.584 e. The van der Waals surface area contributed by atoms with Crippen LogP contribution in [0.3, 0.4) is 0 Å². The lowest BCUT2D eigenvalue weighted by Crippen LogP contribution is -2.00. The summed E-state index contributed by atoms with van der Waals surface area (Å²) in [5.74, 6) is 0.734. The molecule has 7 rings (SSSR count). The van der Waals surface area contributed by atoms with Gasteiger partial charge in [-0.2, -0.15) is 0 Å². The van der Waals surface area contributed by atoms with Crippen LogP contribution in [-0.4, -0.2) is 4.89 Å². The van der Waals surface area contributed by atoms with Gasteiger partial charge in [0.05, 0.1) is 0 Å². The van der Waals surface area contributed by atoms with Gasteiger partial charge in [-0.1, -0.05) is 72.8 Å². The van der Waals surface area contributed by atoms with E-state index < -0.39 is 7.82 Å². The number of fused-ring (bicyclic) bond motifs is 5. The maximum absolute atomic E-state index is 13.7. The Bertz CT molecular complexity index is 1950. The SMILES string of the molecule is Cc1cc(-c2ccc3ccccc3c2)c2c(c1C)-c1c(C)c(C)cc(-c3ccc4ccccc4c3)c1OP(=O)(O)O2. The predicted molar refractivity (Wildman–Crippen MR) is 168 cm³/mol. The lowest BCUT2D eigenvalue weighted by molar-refractivity contribution is 0.295. The van der Waals surface area contributed by atoms with Crippen molar-refractivity contribution in [2.75, 3.05) is 0 Å². The Morgan fingerprint density at radius 1 is 0.537 bits per heavy atom. The van der Waals surface area contributed by atoms with Crippen LogP contribution in [0.25, 0.3) is 54.9 Å². The van der Waals surface area contributed by atoms with Crippen LogP contribution in [-0.2, 0) is 4.57 Å². The lowest BCUT2D eigenvalue weighted by atomic mass is 9.84. The van der Waals surface area contributed by atoms with Crippen LogP contribution in [0.5, 0.6) is 11.5 Å². The van der Waals surface area contributed by atoms with Crippen molar-refractivity contribution in [1.29, 1.82) is 0 Å². The molecule has 1 heterocycles. The first-order valence-electron chi connectivity index (χ1n) is 13.7. The van der Waals surface area contributed by atoms with E-state index >= 15 is 0 Å². The number of benzene rings is 6. The van der Waals surface area contributed by atoms with Gasteiger partial charge in [0, 0.05) is 22.3 Å². The number of aryl methyl sites for hydroxylation is 2. The fraction of sp³-hybridized carbons (Fsp3) is 0.111. The van der Waals surface area contributed by atoms with Crippen molar-refractivity contribution in [3.63, 3.8) is 0 Å². The summed E-state index contributed by atoms with van der Waals surface area (Å²) in [6, 6.07) is 32.8. The first kappa shape index (κ1) is 25.6. The van der Waals surface area contributed by atoms with Gasteiger partial charge in [-0.3, -0.25) is 4.89 Å². The molecule has 0 fully saturated rings. The minimum absolute atomic E-state index is 0.367. The summed E-state index contributed by atoms with van der Waals surface area (Å²) in [5, 5.41) is 4.42. The molecule has 0 aliphatic carbocycles. The first-order valence-corrected chi connectivity index (χ1v) is 15.2. The second kappa shape index (κ2) is 9.34. The van der Waals surface area contributed by atoms with Crippen molar-refractivity contribution in [1.82, 2.24) is 0 Å². The van der Waals surface area contributed by atoms with Crippen LogP contribution in [0.1, 0.15) is 22.3 Å². The third-order valence-corrected chi connectivity index (χ3v) is 9.21. The van der Waals surface area contributed by atoms with Crippen molar-refractivity contribution in [3.05, 3.63) is 119 Å². The van der Waals surface area contributed by atoms with E-state index in [4.69, 9.17) is 9.05 Å². The van der Waals surface area contributed by atoms with Crippen molar-refractivity contribution in [2.45, 2.75) is 27.7 Å². The molecule has 0 amide bonds. The Morgan fingerprint density at radius 2 is 0.927 bits per heavy atom. The average Bonchev–Trinajstić information content (AvgIpc) is 3.10. The molecule has 6 aromatic rings. The van der Waals surface area contributed by atoms with Gasteiger partial charge in [0.1, 0.15) is 11.5 Å². The van der Waals surface area contributed by atoms with E-state index in [1.54, 1.807) is 0 Å². The van der Waals surface area contributed by atoms with Crippen molar-refractivity contribution in [2.24, 2.45) is 0 Å². The molecule has 0 spiro atoms. The van der Waals surface area contributed by atoms with Crippen LogP contribution in [0.15, 0.2) is 97.1 Å². The number of phosphoric ester groups is 1. The molecule has 1 aliphatic heterocycles. The molecule has 0 unspecified atom stereocenters. The van der Waals surface area contributed by atoms with E-state index in [9.17, 15) is 9.46 Å². The molecular formula is C36H29O4P. The third-order valence-electron chi connectivity index (χ3n) is 8.38. The zero-order chi connectivity index (χ0) is 28.5. The molecule has 5 heteroatoms. The fourth-order valence-corrected chi connectivity index (χ4v) is 6.85. The summed E-state index contributed by atoms with van der Waals surface area (Å²) in [5.41, 5.74) is 8.99. The van der Waals surface area contributed by atoms with Gasteiger partial charge in [0.25, 0.3) is 0 Å². The molecule has 0 saturated carbocycles. The Balaban J connectivity index is 1.56. The Labute approximate surface area is 239 Å². The summed E-state index contributed by atoms with van der Waals surface area (Å²) in [7, 11) is -4.56. The summed E-state index contributed by atoms with van der Waals surface area (Å²) < 4.78 is 25.7. The van der Waals surface area contributed by atoms with E-state index in [0.29, 0.717) is 11.5 Å². The molecule has 0 atom stereocenters. The second-order valence-corrected chi connectivity index (χ2v) is 12.2. The maximum atomic E-state index is 13.7. The molecule has 41 heavy (non-hydrogen) atoms. The molecule has 0 bridgehead atoms. The van der Waals surface area contributed by atoms with Gasteiger partial charge < -0.3 is 9.05 Å². The van der Waals surface area contributed by atoms with Crippen LogP contribution < -0.4 is 9.05 Å². The molecule has 0 saturated heterocycles. The largest absolute Gasteiger partial charge is 0.584 e. The Hall–Kier alpha value is -4.37. The lowest BCUT2D eigenvalue weighted by Gasteiger charge is -2.21. The highest BCUT2D eigenvalue weighted by atomic mass is 31.2. The predicted octanol–water partition coefficient (Wildman–Crippen LogP) is 10.1. The van der Waals surface area contributed by atoms with Gasteiger partial charge in [0.2, 0.25) is 0 Å². The quantitative estimate of drug-likeness (QED) is 0.216. The minimum atomic E-state index is -4.56. The van der Waals surface area contributed by atoms with Gasteiger partial charge >= 0.3 is 7.82 Å². The molecule has 4 nitrogen and oxygen atoms in total. The van der Waals surface area contributed by atoms with Gasteiger partial charge in [-0.15, -0.1) is 0 Å². The van der Waals surface area contributed by atoms with Crippen molar-refractivity contribution in [3.8, 4) is 44.9 Å². The second-order valence-electron chi connectivity index (χ2n) is 10.9. The minimum Gasteiger partial charge on any atom is -0.394 e. The van der Waals surface area contributed by atoms with E-state index in [1.165, 1.54) is 0 Å². The zero-order valence-corrected chi connectivity index (χ0v) is 24.3. The molecule has 1 N–H and O–H groups in total. The zero-order valence-electron chi connectivity index (χ0n) is 23.4. The monoisotopic (exact) mass is 556 g/mol. The van der Waals surface area contributed by atoms with Crippen molar-refractivity contribution < 1.29 is 18.5 Å². The average molecular weight is 557 g/mol. The van der Waals surface area contributed by atoms with Gasteiger partial charge in [-0.05, 0) is 107 Å². The van der Waals surface area contributed by atoms with E-state index in [0.717, 1.165) is 77.2 Å². The van der Waals surface area contributed by atoms with E-state index in [-0.39, 0.29) is 0 Å². The van der Waals surface area contributed by atoms with Gasteiger partial charge in [0.15, 0.2) is 0 Å². The normalized spacial score (nSPS) is 13.7. The highest BCUT2D eigenvalue weighted by Gasteiger charge is 2.37. The molecule has 6 aromatic carbocycles. The summed E-state index contributed by atoms with van der Waals surface area (Å²) in [6.45, 7) is 8.21. The highest BCUT2D eigenvalue weighted by Crippen LogP contribution is 2.60. The number of hydrogen-bond donors (Lipinski definition) is 1. The number of rotatable bonds is 2. The molecular weight excluding hydrogens is 527 g/mol. The Kier molecular flexibility index (Phi) is 5.83. The van der Waals surface area contributed by atoms with Crippen molar-refractivity contribution >= 4 is 29.4 Å².